The first-order valence-electron chi connectivity index (χ1n) is 7.58. The Morgan fingerprint density at radius 2 is 2.08 bits per heavy atom. The molecule has 0 saturated heterocycles. The van der Waals surface area contributed by atoms with Gasteiger partial charge in [-0.05, 0) is 42.7 Å². The van der Waals surface area contributed by atoms with E-state index in [-0.39, 0.29) is 23.7 Å². The molecule has 3 rings (SSSR count). The van der Waals surface area contributed by atoms with Crippen LogP contribution in [0.15, 0.2) is 47.6 Å². The number of nitrogens with two attached hydrogens (primary N) is 1. The Bertz CT molecular complexity index is 744. The molecule has 2 aromatic rings. The molecule has 1 aromatic heterocycles. The van der Waals surface area contributed by atoms with E-state index in [1.165, 1.54) is 12.1 Å². The van der Waals surface area contributed by atoms with Gasteiger partial charge in [0.25, 0.3) is 11.9 Å². The molecule has 0 fully saturated rings. The van der Waals surface area contributed by atoms with Crippen molar-refractivity contribution in [2.45, 2.75) is 18.9 Å². The molecule has 2 heterocycles. The van der Waals surface area contributed by atoms with Crippen LogP contribution in [-0.2, 0) is 11.2 Å². The maximum atomic E-state index is 12.8. The van der Waals surface area contributed by atoms with Crippen molar-refractivity contribution in [2.75, 3.05) is 11.9 Å². The lowest BCUT2D eigenvalue weighted by atomic mass is 10.1. The van der Waals surface area contributed by atoms with Gasteiger partial charge in [-0.25, -0.2) is 14.4 Å². The number of carbonyl (C=O) groups excluding carboxylic acids is 1. The van der Waals surface area contributed by atoms with Gasteiger partial charge < -0.3 is 15.8 Å². The van der Waals surface area contributed by atoms with Gasteiger partial charge in [-0.15, -0.1) is 0 Å². The van der Waals surface area contributed by atoms with E-state index in [2.05, 4.69) is 15.3 Å². The van der Waals surface area contributed by atoms with E-state index in [1.54, 1.807) is 0 Å². The standard InChI is InChI=1S/C17H17FN4O2/c18-12-4-8-15(20-9-12)16(23)21-13-5-1-11(2-6-13)3-7-14-10-24-17(19)22-14/h1-2,4-6,8-9,14H,3,7,10H2,(H2,19,22)(H,21,23)/t14-/m0/s1. The highest BCUT2D eigenvalue weighted by atomic mass is 19.1. The van der Waals surface area contributed by atoms with Gasteiger partial charge in [0, 0.05) is 5.69 Å². The zero-order valence-electron chi connectivity index (χ0n) is 12.9. The van der Waals surface area contributed by atoms with E-state index in [1.807, 2.05) is 24.3 Å². The molecule has 0 aliphatic carbocycles. The number of hydrogen-bond donors (Lipinski definition) is 2. The van der Waals surface area contributed by atoms with Crippen LogP contribution in [0, 0.1) is 5.82 Å². The summed E-state index contributed by atoms with van der Waals surface area (Å²) in [5, 5.41) is 2.73. The van der Waals surface area contributed by atoms with Crippen LogP contribution in [0.5, 0.6) is 0 Å². The number of benzene rings is 1. The summed E-state index contributed by atoms with van der Waals surface area (Å²) in [7, 11) is 0. The zero-order chi connectivity index (χ0) is 16.9. The van der Waals surface area contributed by atoms with Crippen LogP contribution in [0.3, 0.4) is 0 Å². The van der Waals surface area contributed by atoms with E-state index >= 15 is 0 Å². The van der Waals surface area contributed by atoms with E-state index in [0.29, 0.717) is 12.3 Å². The molecular formula is C17H17FN4O2. The highest BCUT2D eigenvalue weighted by Crippen LogP contribution is 2.15. The van der Waals surface area contributed by atoms with E-state index < -0.39 is 5.82 Å². The number of halogens is 1. The lowest BCUT2D eigenvalue weighted by Crippen LogP contribution is -2.13. The predicted octanol–water partition coefficient (Wildman–Crippen LogP) is 2.12. The van der Waals surface area contributed by atoms with E-state index in [0.717, 1.165) is 24.6 Å². The van der Waals surface area contributed by atoms with Gasteiger partial charge in [-0.2, -0.15) is 0 Å². The molecule has 1 aliphatic heterocycles. The minimum atomic E-state index is -0.477. The Hall–Kier alpha value is -2.96. The number of amides is 1. The zero-order valence-corrected chi connectivity index (χ0v) is 12.9. The summed E-state index contributed by atoms with van der Waals surface area (Å²) in [6.07, 6.45) is 2.71. The monoisotopic (exact) mass is 328 g/mol. The molecular weight excluding hydrogens is 311 g/mol. The van der Waals surface area contributed by atoms with Crippen molar-refractivity contribution in [3.05, 3.63) is 59.7 Å². The Kier molecular flexibility index (Phi) is 4.69. The largest absolute Gasteiger partial charge is 0.463 e. The van der Waals surface area contributed by atoms with Crippen molar-refractivity contribution in [1.29, 1.82) is 0 Å². The Morgan fingerprint density at radius 3 is 2.71 bits per heavy atom. The Morgan fingerprint density at radius 1 is 1.29 bits per heavy atom. The second-order valence-corrected chi connectivity index (χ2v) is 5.48. The van der Waals surface area contributed by atoms with Crippen LogP contribution < -0.4 is 11.1 Å². The number of nitrogens with one attached hydrogen (secondary N) is 1. The smallest absolute Gasteiger partial charge is 0.282 e. The van der Waals surface area contributed by atoms with Gasteiger partial charge in [0.15, 0.2) is 0 Å². The molecule has 0 saturated carbocycles. The number of ether oxygens (including phenoxy) is 1. The fourth-order valence-corrected chi connectivity index (χ4v) is 2.38. The molecule has 7 heteroatoms. The summed E-state index contributed by atoms with van der Waals surface area (Å²) in [6.45, 7) is 0.532. The van der Waals surface area contributed by atoms with E-state index in [4.69, 9.17) is 10.5 Å². The fourth-order valence-electron chi connectivity index (χ4n) is 2.38. The first-order valence-corrected chi connectivity index (χ1v) is 7.58. The molecule has 0 radical (unpaired) electrons. The normalized spacial score (nSPS) is 16.4. The number of amidine groups is 1. The van der Waals surface area contributed by atoms with Crippen molar-refractivity contribution < 1.29 is 13.9 Å². The maximum absolute atomic E-state index is 12.8. The summed E-state index contributed by atoms with van der Waals surface area (Å²) in [6, 6.07) is 10.4. The van der Waals surface area contributed by atoms with Crippen LogP contribution in [0.1, 0.15) is 22.5 Å². The molecule has 1 atom stereocenters. The first-order chi connectivity index (χ1) is 11.6. The summed E-state index contributed by atoms with van der Waals surface area (Å²) < 4.78 is 17.9. The molecule has 1 aromatic carbocycles. The van der Waals surface area contributed by atoms with Crippen molar-refractivity contribution in [3.8, 4) is 0 Å². The number of nitrogens with zero attached hydrogens (tertiary/aromatic N) is 2. The number of pyridine rings is 1. The van der Waals surface area contributed by atoms with Crippen LogP contribution in [0.2, 0.25) is 0 Å². The number of hydrogen-bond acceptors (Lipinski definition) is 5. The number of aromatic nitrogens is 1. The Balaban J connectivity index is 1.54. The summed E-state index contributed by atoms with van der Waals surface area (Å²) in [5.41, 5.74) is 7.43. The van der Waals surface area contributed by atoms with Crippen molar-refractivity contribution in [2.24, 2.45) is 10.7 Å². The second-order valence-electron chi connectivity index (χ2n) is 5.48. The fraction of sp³-hybridized carbons (Fsp3) is 0.235. The van der Waals surface area contributed by atoms with Gasteiger partial charge in [-0.1, -0.05) is 12.1 Å². The summed E-state index contributed by atoms with van der Waals surface area (Å²) >= 11 is 0. The van der Waals surface area contributed by atoms with Crippen LogP contribution in [0.4, 0.5) is 10.1 Å². The number of anilines is 1. The average molecular weight is 328 g/mol. The molecule has 1 amide bonds. The summed E-state index contributed by atoms with van der Waals surface area (Å²) in [5.74, 6) is -0.856. The number of rotatable bonds is 5. The van der Waals surface area contributed by atoms with Crippen molar-refractivity contribution in [3.63, 3.8) is 0 Å². The van der Waals surface area contributed by atoms with Gasteiger partial charge in [0.2, 0.25) is 0 Å². The highest BCUT2D eigenvalue weighted by Gasteiger charge is 2.16. The van der Waals surface area contributed by atoms with Crippen LogP contribution in [-0.4, -0.2) is 29.6 Å². The van der Waals surface area contributed by atoms with Crippen molar-refractivity contribution in [1.82, 2.24) is 4.98 Å². The molecule has 1 aliphatic rings. The number of aryl methyl sites for hydroxylation is 1. The van der Waals surface area contributed by atoms with Gasteiger partial charge >= 0.3 is 0 Å². The minimum absolute atomic E-state index is 0.105. The summed E-state index contributed by atoms with van der Waals surface area (Å²) in [4.78, 5) is 19.9. The second kappa shape index (κ2) is 7.08. The third-order valence-electron chi connectivity index (χ3n) is 3.67. The average Bonchev–Trinajstić information content (AvgIpc) is 3.00. The molecule has 0 bridgehead atoms. The molecule has 0 unspecified atom stereocenters. The Labute approximate surface area is 138 Å². The van der Waals surface area contributed by atoms with Crippen LogP contribution in [0.25, 0.3) is 0 Å². The minimum Gasteiger partial charge on any atom is -0.463 e. The lowest BCUT2D eigenvalue weighted by molar-refractivity contribution is 0.102. The van der Waals surface area contributed by atoms with Crippen LogP contribution >= 0.6 is 0 Å². The lowest BCUT2D eigenvalue weighted by Gasteiger charge is -2.07. The quantitative estimate of drug-likeness (QED) is 0.880. The van der Waals surface area contributed by atoms with Gasteiger partial charge in [0.1, 0.15) is 18.1 Å². The third-order valence-corrected chi connectivity index (χ3v) is 3.67. The highest BCUT2D eigenvalue weighted by molar-refractivity contribution is 6.02. The van der Waals surface area contributed by atoms with Gasteiger partial charge in [0.05, 0.1) is 12.2 Å². The maximum Gasteiger partial charge on any atom is 0.282 e. The molecule has 3 N–H and O–H groups in total. The predicted molar refractivity (Wildman–Crippen MR) is 88.3 cm³/mol. The van der Waals surface area contributed by atoms with Gasteiger partial charge in [-0.3, -0.25) is 4.79 Å². The molecule has 24 heavy (non-hydrogen) atoms. The van der Waals surface area contributed by atoms with Crippen molar-refractivity contribution >= 4 is 17.6 Å². The SMILES string of the molecule is NC1=N[C@@H](CCc2ccc(NC(=O)c3ccc(F)cn3)cc2)CO1. The third kappa shape index (κ3) is 4.07. The number of aliphatic imine (C=N–C) groups is 1. The topological polar surface area (TPSA) is 89.6 Å². The molecule has 0 spiro atoms. The van der Waals surface area contributed by atoms with E-state index in [9.17, 15) is 9.18 Å². The molecule has 124 valence electrons. The number of carbonyl (C=O) groups is 1. The molecule has 6 nitrogen and oxygen atoms in total. The first kappa shape index (κ1) is 15.9.